The SMILES string of the molecule is COc1c(CNC[C@H](O)c2ccc(O)c3[nH]c(=O)ccc23)ccc(C(=O)N2CC=C(c3cccc([C@](O)(C(=O)O)c4ccccc4)c3)CC2)c1F. The Balaban J connectivity index is 1.13. The molecular weight excluding hydrogens is 657 g/mol. The first-order valence-corrected chi connectivity index (χ1v) is 16.2. The number of amides is 1. The number of aromatic hydroxyl groups is 1. The van der Waals surface area contributed by atoms with Crippen molar-refractivity contribution in [1.29, 1.82) is 0 Å². The number of carbonyl (C=O) groups is 2. The second kappa shape index (κ2) is 14.6. The van der Waals surface area contributed by atoms with Crippen LogP contribution in [0.3, 0.4) is 0 Å². The third-order valence-corrected chi connectivity index (χ3v) is 9.18. The molecule has 1 aromatic heterocycles. The van der Waals surface area contributed by atoms with E-state index in [2.05, 4.69) is 10.3 Å². The van der Waals surface area contributed by atoms with Crippen LogP contribution in [0.2, 0.25) is 0 Å². The smallest absolute Gasteiger partial charge is 0.345 e. The van der Waals surface area contributed by atoms with Gasteiger partial charge in [-0.2, -0.15) is 0 Å². The van der Waals surface area contributed by atoms with Gasteiger partial charge in [0.25, 0.3) is 5.91 Å². The molecule has 0 bridgehead atoms. The van der Waals surface area contributed by atoms with Crippen LogP contribution in [-0.2, 0) is 16.9 Å². The Hall–Kier alpha value is -5.82. The molecule has 6 rings (SSSR count). The van der Waals surface area contributed by atoms with Crippen molar-refractivity contribution in [3.05, 3.63) is 147 Å². The molecule has 0 fully saturated rings. The molecule has 0 saturated carbocycles. The minimum absolute atomic E-state index is 0.0532. The number of hydrogen-bond acceptors (Lipinski definition) is 8. The highest BCUT2D eigenvalue weighted by atomic mass is 19.1. The van der Waals surface area contributed by atoms with Crippen molar-refractivity contribution in [2.24, 2.45) is 0 Å². The maximum Gasteiger partial charge on any atom is 0.345 e. The number of carboxylic acid groups (broad SMARTS) is 1. The van der Waals surface area contributed by atoms with Crippen LogP contribution >= 0.6 is 0 Å². The van der Waals surface area contributed by atoms with Crippen LogP contribution in [-0.4, -0.2) is 68.9 Å². The number of aromatic amines is 1. The van der Waals surface area contributed by atoms with E-state index in [0.29, 0.717) is 28.5 Å². The number of nitrogens with one attached hydrogen (secondary N) is 2. The number of hydrogen-bond donors (Lipinski definition) is 6. The van der Waals surface area contributed by atoms with Gasteiger partial charge in [0.05, 0.1) is 24.3 Å². The summed E-state index contributed by atoms with van der Waals surface area (Å²) < 4.78 is 21.1. The van der Waals surface area contributed by atoms with Crippen molar-refractivity contribution < 1.29 is 39.1 Å². The minimum Gasteiger partial charge on any atom is -0.506 e. The van der Waals surface area contributed by atoms with Crippen LogP contribution in [0.5, 0.6) is 11.5 Å². The number of H-pyrrole nitrogens is 1. The Morgan fingerprint density at radius 2 is 1.78 bits per heavy atom. The zero-order valence-corrected chi connectivity index (χ0v) is 27.6. The van der Waals surface area contributed by atoms with Crippen LogP contribution < -0.4 is 15.6 Å². The van der Waals surface area contributed by atoms with Crippen molar-refractivity contribution in [2.45, 2.75) is 24.7 Å². The largest absolute Gasteiger partial charge is 0.506 e. The molecule has 2 heterocycles. The lowest BCUT2D eigenvalue weighted by Crippen LogP contribution is -2.37. The lowest BCUT2D eigenvalue weighted by Gasteiger charge is -2.28. The summed E-state index contributed by atoms with van der Waals surface area (Å²) >= 11 is 0. The van der Waals surface area contributed by atoms with Gasteiger partial charge < -0.3 is 40.4 Å². The van der Waals surface area contributed by atoms with E-state index >= 15 is 4.39 Å². The third-order valence-electron chi connectivity index (χ3n) is 9.18. The lowest BCUT2D eigenvalue weighted by molar-refractivity contribution is -0.155. The van der Waals surface area contributed by atoms with Gasteiger partial charge >= 0.3 is 5.97 Å². The van der Waals surface area contributed by atoms with Crippen molar-refractivity contribution >= 4 is 28.4 Å². The maximum atomic E-state index is 15.7. The summed E-state index contributed by atoms with van der Waals surface area (Å²) in [5.41, 5.74) is 0.304. The number of aliphatic hydroxyl groups is 2. The minimum atomic E-state index is -2.25. The molecule has 51 heavy (non-hydrogen) atoms. The molecular formula is C39H36FN3O8. The molecule has 0 saturated heterocycles. The number of halogens is 1. The van der Waals surface area contributed by atoms with Crippen LogP contribution in [0, 0.1) is 5.82 Å². The Morgan fingerprint density at radius 3 is 2.49 bits per heavy atom. The van der Waals surface area contributed by atoms with Gasteiger partial charge in [-0.1, -0.05) is 66.7 Å². The molecule has 0 radical (unpaired) electrons. The van der Waals surface area contributed by atoms with E-state index in [0.717, 1.165) is 5.57 Å². The number of aromatic nitrogens is 1. The molecule has 12 heteroatoms. The second-order valence-electron chi connectivity index (χ2n) is 12.2. The van der Waals surface area contributed by atoms with Gasteiger partial charge in [0.2, 0.25) is 11.2 Å². The van der Waals surface area contributed by atoms with Gasteiger partial charge in [0.1, 0.15) is 5.75 Å². The van der Waals surface area contributed by atoms with Gasteiger partial charge in [-0.25, -0.2) is 9.18 Å². The number of methoxy groups -OCH3 is 1. The molecule has 0 unspecified atom stereocenters. The predicted octanol–water partition coefficient (Wildman–Crippen LogP) is 4.45. The maximum absolute atomic E-state index is 15.7. The van der Waals surface area contributed by atoms with E-state index in [-0.39, 0.29) is 65.4 Å². The highest BCUT2D eigenvalue weighted by Crippen LogP contribution is 2.34. The fraction of sp³-hybridized carbons (Fsp3) is 0.205. The average molecular weight is 694 g/mol. The number of ether oxygens (including phenoxy) is 1. The quantitative estimate of drug-likeness (QED) is 0.117. The highest BCUT2D eigenvalue weighted by molar-refractivity contribution is 5.96. The molecule has 262 valence electrons. The van der Waals surface area contributed by atoms with E-state index in [1.165, 1.54) is 36.3 Å². The number of carbonyl (C=O) groups excluding carboxylic acids is 1. The third kappa shape index (κ3) is 6.84. The summed E-state index contributed by atoms with van der Waals surface area (Å²) in [5, 5.41) is 45.9. The van der Waals surface area contributed by atoms with E-state index in [4.69, 9.17) is 4.74 Å². The zero-order valence-electron chi connectivity index (χ0n) is 27.6. The summed E-state index contributed by atoms with van der Waals surface area (Å²) in [6.45, 7) is 0.620. The molecule has 0 aliphatic carbocycles. The summed E-state index contributed by atoms with van der Waals surface area (Å²) in [4.78, 5) is 41.5. The van der Waals surface area contributed by atoms with Crippen molar-refractivity contribution in [3.63, 3.8) is 0 Å². The molecule has 11 nitrogen and oxygen atoms in total. The first-order chi connectivity index (χ1) is 24.5. The molecule has 1 amide bonds. The number of aliphatic carboxylic acids is 1. The lowest BCUT2D eigenvalue weighted by atomic mass is 9.84. The Kier molecular flexibility index (Phi) is 10.0. The number of nitrogens with zero attached hydrogens (tertiary/aromatic N) is 1. The number of pyridine rings is 1. The Labute approximate surface area is 291 Å². The number of rotatable bonds is 11. The van der Waals surface area contributed by atoms with Crippen molar-refractivity contribution in [2.75, 3.05) is 26.7 Å². The van der Waals surface area contributed by atoms with Gasteiger partial charge in [-0.15, -0.1) is 0 Å². The molecule has 2 atom stereocenters. The van der Waals surface area contributed by atoms with Gasteiger partial charge in [-0.3, -0.25) is 9.59 Å². The van der Waals surface area contributed by atoms with Crippen LogP contribution in [0.4, 0.5) is 4.39 Å². The number of carboxylic acids is 1. The fourth-order valence-corrected chi connectivity index (χ4v) is 6.45. The van der Waals surface area contributed by atoms with Crippen molar-refractivity contribution in [3.8, 4) is 11.5 Å². The molecule has 6 N–H and O–H groups in total. The number of benzene rings is 4. The van der Waals surface area contributed by atoms with Gasteiger partial charge in [0.15, 0.2) is 11.6 Å². The van der Waals surface area contributed by atoms with Crippen LogP contribution in [0.25, 0.3) is 16.5 Å². The van der Waals surface area contributed by atoms with E-state index in [9.17, 15) is 34.8 Å². The van der Waals surface area contributed by atoms with Crippen LogP contribution in [0.15, 0.2) is 102 Å². The molecule has 0 spiro atoms. The fourth-order valence-electron chi connectivity index (χ4n) is 6.45. The highest BCUT2D eigenvalue weighted by Gasteiger charge is 2.40. The van der Waals surface area contributed by atoms with E-state index in [1.807, 2.05) is 12.1 Å². The number of phenols is 1. The summed E-state index contributed by atoms with van der Waals surface area (Å²) in [5.74, 6) is -2.97. The average Bonchev–Trinajstić information content (AvgIpc) is 3.15. The molecule has 4 aromatic carbocycles. The Bertz CT molecular complexity index is 2200. The topological polar surface area (TPSA) is 172 Å². The van der Waals surface area contributed by atoms with Gasteiger partial charge in [0, 0.05) is 48.8 Å². The summed E-state index contributed by atoms with van der Waals surface area (Å²) in [6, 6.07) is 23.6. The second-order valence-corrected chi connectivity index (χ2v) is 12.2. The number of phenolic OH excluding ortho intramolecular Hbond substituents is 1. The molecule has 1 aliphatic heterocycles. The summed E-state index contributed by atoms with van der Waals surface area (Å²) in [6.07, 6.45) is 1.22. The molecule has 5 aromatic rings. The van der Waals surface area contributed by atoms with E-state index < -0.39 is 29.4 Å². The number of aliphatic hydroxyl groups excluding tert-OH is 1. The first kappa shape index (κ1) is 35.0. The Morgan fingerprint density at radius 1 is 1.02 bits per heavy atom. The monoisotopic (exact) mass is 693 g/mol. The van der Waals surface area contributed by atoms with Crippen molar-refractivity contribution in [1.82, 2.24) is 15.2 Å². The van der Waals surface area contributed by atoms with Crippen LogP contribution in [0.1, 0.15) is 50.7 Å². The normalized spacial score (nSPS) is 14.8. The standard InChI is InChI=1S/C39H36FN3O8/c1-51-36-25(21-41-22-32(45)28-12-14-31(44)35-29(28)13-15-33(46)42-35)10-11-30(34(36)40)37(47)43-18-16-23(17-19-43)24-6-5-9-27(20-24)39(50,38(48)49)26-7-3-2-4-8-26/h2-16,20,32,41,44-45,50H,17-19,21-22H2,1H3,(H,42,46)(H,48,49)/t32-,39-/m0/s1. The predicted molar refractivity (Wildman–Crippen MR) is 188 cm³/mol. The number of fused-ring (bicyclic) bond motifs is 1. The first-order valence-electron chi connectivity index (χ1n) is 16.2. The summed E-state index contributed by atoms with van der Waals surface area (Å²) in [7, 11) is 1.31. The van der Waals surface area contributed by atoms with Gasteiger partial charge in [-0.05, 0) is 52.9 Å². The molecule has 1 aliphatic rings. The van der Waals surface area contributed by atoms with E-state index in [1.54, 1.807) is 60.7 Å². The zero-order chi connectivity index (χ0) is 36.3.